The van der Waals surface area contributed by atoms with Gasteiger partial charge in [-0.05, 0) is 60.8 Å². The Morgan fingerprint density at radius 2 is 2.24 bits per heavy atom. The number of aliphatic hydroxyl groups excluding tert-OH is 1. The van der Waals surface area contributed by atoms with Crippen molar-refractivity contribution < 1.29 is 5.11 Å². The van der Waals surface area contributed by atoms with Crippen molar-refractivity contribution >= 4 is 17.3 Å². The number of hydrogen-bond donors (Lipinski definition) is 2. The summed E-state index contributed by atoms with van der Waals surface area (Å²) >= 11 is 6.10. The van der Waals surface area contributed by atoms with Crippen LogP contribution in [0.2, 0.25) is 5.02 Å². The first kappa shape index (κ1) is 11.4. The van der Waals surface area contributed by atoms with E-state index in [0.717, 1.165) is 24.4 Å². The van der Waals surface area contributed by atoms with Crippen LogP contribution in [0.25, 0.3) is 0 Å². The van der Waals surface area contributed by atoms with Crippen LogP contribution >= 0.6 is 11.6 Å². The summed E-state index contributed by atoms with van der Waals surface area (Å²) in [5, 5.41) is 13.7. The van der Waals surface area contributed by atoms with Gasteiger partial charge in [-0.15, -0.1) is 0 Å². The zero-order chi connectivity index (χ0) is 11.8. The zero-order valence-electron chi connectivity index (χ0n) is 9.82. The van der Waals surface area contributed by atoms with Gasteiger partial charge in [0.2, 0.25) is 0 Å². The molecule has 0 amide bonds. The van der Waals surface area contributed by atoms with Crippen LogP contribution in [0, 0.1) is 11.8 Å². The molecule has 92 valence electrons. The van der Waals surface area contributed by atoms with E-state index in [-0.39, 0.29) is 0 Å². The van der Waals surface area contributed by atoms with Gasteiger partial charge in [0.05, 0.1) is 0 Å². The maximum Gasteiger partial charge on any atom is 0.0459 e. The molecule has 3 rings (SSSR count). The minimum absolute atomic E-state index is 0.326. The lowest BCUT2D eigenvalue weighted by Crippen LogP contribution is -2.33. The first-order valence-corrected chi connectivity index (χ1v) is 6.80. The molecule has 0 spiro atoms. The molecule has 3 atom stereocenters. The number of aliphatic hydroxyl groups is 1. The van der Waals surface area contributed by atoms with Gasteiger partial charge in [-0.3, -0.25) is 0 Å². The van der Waals surface area contributed by atoms with E-state index in [0.29, 0.717) is 24.4 Å². The molecule has 0 bridgehead atoms. The summed E-state index contributed by atoms with van der Waals surface area (Å²) in [5.74, 6) is 1.76. The minimum Gasteiger partial charge on any atom is -0.396 e. The van der Waals surface area contributed by atoms with Crippen molar-refractivity contribution in [3.8, 4) is 0 Å². The SMILES string of the molecule is OCC1CCC2CNc3ccc(Cl)cc3C2C1. The molecule has 3 unspecified atom stereocenters. The normalized spacial score (nSPS) is 31.3. The minimum atomic E-state index is 0.326. The highest BCUT2D eigenvalue weighted by Gasteiger charge is 2.35. The molecular weight excluding hydrogens is 234 g/mol. The molecule has 2 N–H and O–H groups in total. The van der Waals surface area contributed by atoms with Crippen molar-refractivity contribution in [3.63, 3.8) is 0 Å². The van der Waals surface area contributed by atoms with Crippen LogP contribution in [-0.2, 0) is 0 Å². The molecule has 1 heterocycles. The van der Waals surface area contributed by atoms with E-state index in [1.54, 1.807) is 0 Å². The summed E-state index contributed by atoms with van der Waals surface area (Å²) in [6, 6.07) is 6.12. The van der Waals surface area contributed by atoms with Gasteiger partial charge in [-0.2, -0.15) is 0 Å². The first-order valence-electron chi connectivity index (χ1n) is 6.42. The fourth-order valence-electron chi connectivity index (χ4n) is 3.35. The van der Waals surface area contributed by atoms with Crippen LogP contribution in [0.1, 0.15) is 30.7 Å². The number of hydrogen-bond acceptors (Lipinski definition) is 2. The lowest BCUT2D eigenvalue weighted by atomic mass is 9.69. The molecular formula is C14H18ClNO. The number of nitrogens with one attached hydrogen (secondary N) is 1. The van der Waals surface area contributed by atoms with Gasteiger partial charge in [0, 0.05) is 23.9 Å². The van der Waals surface area contributed by atoms with E-state index >= 15 is 0 Å². The molecule has 1 aliphatic carbocycles. The third kappa shape index (κ3) is 2.04. The smallest absolute Gasteiger partial charge is 0.0459 e. The molecule has 1 fully saturated rings. The number of rotatable bonds is 1. The summed E-state index contributed by atoms with van der Waals surface area (Å²) in [5.41, 5.74) is 2.58. The van der Waals surface area contributed by atoms with Gasteiger partial charge < -0.3 is 10.4 Å². The molecule has 1 aromatic rings. The number of benzene rings is 1. The molecule has 1 saturated carbocycles. The Morgan fingerprint density at radius 1 is 1.35 bits per heavy atom. The lowest BCUT2D eigenvalue weighted by Gasteiger charge is -2.40. The molecule has 0 radical (unpaired) electrons. The van der Waals surface area contributed by atoms with Gasteiger partial charge in [-0.1, -0.05) is 11.6 Å². The predicted molar refractivity (Wildman–Crippen MR) is 70.6 cm³/mol. The van der Waals surface area contributed by atoms with E-state index in [1.807, 2.05) is 6.07 Å². The van der Waals surface area contributed by atoms with Crippen LogP contribution in [0.5, 0.6) is 0 Å². The molecule has 3 heteroatoms. The lowest BCUT2D eigenvalue weighted by molar-refractivity contribution is 0.152. The van der Waals surface area contributed by atoms with Crippen LogP contribution in [0.3, 0.4) is 0 Å². The zero-order valence-corrected chi connectivity index (χ0v) is 10.6. The van der Waals surface area contributed by atoms with Gasteiger partial charge in [0.15, 0.2) is 0 Å². The van der Waals surface area contributed by atoms with Crippen molar-refractivity contribution in [3.05, 3.63) is 28.8 Å². The number of anilines is 1. The Balaban J connectivity index is 1.94. The van der Waals surface area contributed by atoms with Gasteiger partial charge in [0.25, 0.3) is 0 Å². The Labute approximate surface area is 107 Å². The fourth-order valence-corrected chi connectivity index (χ4v) is 3.53. The van der Waals surface area contributed by atoms with Gasteiger partial charge in [0.1, 0.15) is 0 Å². The Kier molecular flexibility index (Phi) is 3.01. The molecule has 2 aliphatic rings. The molecule has 0 saturated heterocycles. The van der Waals surface area contributed by atoms with Crippen LogP contribution in [0.15, 0.2) is 18.2 Å². The van der Waals surface area contributed by atoms with E-state index in [9.17, 15) is 5.11 Å². The van der Waals surface area contributed by atoms with E-state index in [1.165, 1.54) is 17.7 Å². The number of fused-ring (bicyclic) bond motifs is 3. The second-order valence-corrected chi connectivity index (χ2v) is 5.78. The molecule has 1 aromatic carbocycles. The van der Waals surface area contributed by atoms with E-state index in [4.69, 9.17) is 11.6 Å². The topological polar surface area (TPSA) is 32.3 Å². The maximum atomic E-state index is 9.34. The highest BCUT2D eigenvalue weighted by Crippen LogP contribution is 2.46. The molecule has 1 aliphatic heterocycles. The van der Waals surface area contributed by atoms with Crippen molar-refractivity contribution in [2.45, 2.75) is 25.2 Å². The van der Waals surface area contributed by atoms with E-state index in [2.05, 4.69) is 17.4 Å². The highest BCUT2D eigenvalue weighted by atomic mass is 35.5. The monoisotopic (exact) mass is 251 g/mol. The largest absolute Gasteiger partial charge is 0.396 e. The summed E-state index contributed by atoms with van der Waals surface area (Å²) in [7, 11) is 0. The Morgan fingerprint density at radius 3 is 3.06 bits per heavy atom. The first-order chi connectivity index (χ1) is 8.28. The van der Waals surface area contributed by atoms with Crippen LogP contribution < -0.4 is 5.32 Å². The summed E-state index contributed by atoms with van der Waals surface area (Å²) in [6.07, 6.45) is 3.49. The van der Waals surface area contributed by atoms with Crippen molar-refractivity contribution in [1.82, 2.24) is 0 Å². The van der Waals surface area contributed by atoms with Crippen molar-refractivity contribution in [1.29, 1.82) is 0 Å². The highest BCUT2D eigenvalue weighted by molar-refractivity contribution is 6.30. The van der Waals surface area contributed by atoms with Crippen LogP contribution in [-0.4, -0.2) is 18.3 Å². The molecule has 17 heavy (non-hydrogen) atoms. The van der Waals surface area contributed by atoms with Crippen molar-refractivity contribution in [2.75, 3.05) is 18.5 Å². The predicted octanol–water partition coefficient (Wildman–Crippen LogP) is 3.26. The average Bonchev–Trinajstić information content (AvgIpc) is 2.38. The third-order valence-corrected chi connectivity index (χ3v) is 4.56. The molecule has 2 nitrogen and oxygen atoms in total. The summed E-state index contributed by atoms with van der Waals surface area (Å²) in [6.45, 7) is 1.39. The Bertz CT molecular complexity index is 421. The fraction of sp³-hybridized carbons (Fsp3) is 0.571. The molecule has 0 aromatic heterocycles. The summed E-state index contributed by atoms with van der Waals surface area (Å²) < 4.78 is 0. The van der Waals surface area contributed by atoms with Crippen LogP contribution in [0.4, 0.5) is 5.69 Å². The second kappa shape index (κ2) is 4.51. The Hall–Kier alpha value is -0.730. The van der Waals surface area contributed by atoms with Crippen molar-refractivity contribution in [2.24, 2.45) is 11.8 Å². The van der Waals surface area contributed by atoms with Gasteiger partial charge in [-0.25, -0.2) is 0 Å². The maximum absolute atomic E-state index is 9.34. The summed E-state index contributed by atoms with van der Waals surface area (Å²) in [4.78, 5) is 0. The van der Waals surface area contributed by atoms with Gasteiger partial charge >= 0.3 is 0 Å². The van der Waals surface area contributed by atoms with E-state index < -0.39 is 0 Å². The quantitative estimate of drug-likeness (QED) is 0.803. The second-order valence-electron chi connectivity index (χ2n) is 5.34. The number of halogens is 1. The average molecular weight is 252 g/mol. The standard InChI is InChI=1S/C14H18ClNO/c15-11-3-4-14-13(6-11)12-5-9(8-17)1-2-10(12)7-16-14/h3-4,6,9-10,12,16-17H,1-2,5,7-8H2. The third-order valence-electron chi connectivity index (χ3n) is 4.33.